The molecule has 0 saturated carbocycles. The molecule has 2 rings (SSSR count). The molecule has 1 fully saturated rings. The third-order valence-corrected chi connectivity index (χ3v) is 4.71. The van der Waals surface area contributed by atoms with Gasteiger partial charge in [-0.25, -0.2) is 4.79 Å². The van der Waals surface area contributed by atoms with E-state index < -0.39 is 23.8 Å². The fourth-order valence-electron chi connectivity index (χ4n) is 2.47. The number of ether oxygens (including phenoxy) is 1. The Labute approximate surface area is 154 Å². The van der Waals surface area contributed by atoms with Gasteiger partial charge in [0, 0.05) is 11.4 Å². The summed E-state index contributed by atoms with van der Waals surface area (Å²) in [5, 5.41) is 0.807. The lowest BCUT2D eigenvalue weighted by Gasteiger charge is -2.22. The van der Waals surface area contributed by atoms with Gasteiger partial charge in [0.25, 0.3) is 0 Å². The smallest absolute Gasteiger partial charge is 0.329 e. The number of halogens is 3. The third-order valence-electron chi connectivity index (χ3n) is 3.63. The first-order valence-electron chi connectivity index (χ1n) is 7.50. The van der Waals surface area contributed by atoms with Gasteiger partial charge in [-0.2, -0.15) is 0 Å². The molecule has 24 heavy (non-hydrogen) atoms. The van der Waals surface area contributed by atoms with Crippen LogP contribution in [-0.2, 0) is 25.5 Å². The van der Waals surface area contributed by atoms with E-state index in [9.17, 15) is 14.4 Å². The molecule has 1 saturated heterocycles. The Morgan fingerprint density at radius 2 is 1.88 bits per heavy atom. The number of carbonyl (C=O) groups excluding carboxylic acids is 3. The van der Waals surface area contributed by atoms with Crippen LogP contribution < -0.4 is 0 Å². The van der Waals surface area contributed by atoms with Crippen molar-refractivity contribution in [2.45, 2.75) is 38.6 Å². The van der Waals surface area contributed by atoms with Gasteiger partial charge in [0.2, 0.25) is 11.8 Å². The molecule has 8 heteroatoms. The fraction of sp³-hybridized carbons (Fsp3) is 0.438. The zero-order chi connectivity index (χ0) is 17.9. The summed E-state index contributed by atoms with van der Waals surface area (Å²) in [6, 6.07) is 2.04. The molecule has 0 aromatic heterocycles. The maximum absolute atomic E-state index is 12.5. The summed E-state index contributed by atoms with van der Waals surface area (Å²) in [5.74, 6) is -1.47. The second-order valence-electron chi connectivity index (χ2n) is 5.41. The van der Waals surface area contributed by atoms with E-state index in [4.69, 9.17) is 39.5 Å². The van der Waals surface area contributed by atoms with Gasteiger partial charge in [0.05, 0.1) is 23.1 Å². The van der Waals surface area contributed by atoms with Crippen molar-refractivity contribution in [3.63, 3.8) is 0 Å². The standard InChI is InChI=1S/C16H16Cl3NO4/c1-2-5-24-16(23)13-3-4-14(21)20(13)15(22)7-9-6-11(18)12(19)8-10(9)17/h6,8,13H,2-5,7H2,1H3. The molecule has 2 amide bonds. The number of imide groups is 1. The second kappa shape index (κ2) is 8.19. The quantitative estimate of drug-likeness (QED) is 0.566. The van der Waals surface area contributed by atoms with E-state index in [-0.39, 0.29) is 40.9 Å². The van der Waals surface area contributed by atoms with E-state index in [1.807, 2.05) is 6.92 Å². The molecule has 1 aliphatic rings. The van der Waals surface area contributed by atoms with Crippen molar-refractivity contribution in [2.75, 3.05) is 6.61 Å². The van der Waals surface area contributed by atoms with Gasteiger partial charge in [0.15, 0.2) is 0 Å². The first-order valence-corrected chi connectivity index (χ1v) is 8.63. The number of benzene rings is 1. The molecule has 0 spiro atoms. The highest BCUT2D eigenvalue weighted by Gasteiger charge is 2.41. The second-order valence-corrected chi connectivity index (χ2v) is 6.64. The summed E-state index contributed by atoms with van der Waals surface area (Å²) in [6.45, 7) is 2.12. The van der Waals surface area contributed by atoms with Crippen molar-refractivity contribution in [2.24, 2.45) is 0 Å². The molecule has 5 nitrogen and oxygen atoms in total. The SMILES string of the molecule is CCCOC(=O)C1CCC(=O)N1C(=O)Cc1cc(Cl)c(Cl)cc1Cl. The molecule has 1 aliphatic heterocycles. The van der Waals surface area contributed by atoms with Crippen molar-refractivity contribution >= 4 is 52.6 Å². The fourth-order valence-corrected chi connectivity index (χ4v) is 3.10. The van der Waals surface area contributed by atoms with Crippen LogP contribution in [0.15, 0.2) is 12.1 Å². The van der Waals surface area contributed by atoms with E-state index >= 15 is 0 Å². The van der Waals surface area contributed by atoms with E-state index in [0.717, 1.165) is 4.90 Å². The Balaban J connectivity index is 2.16. The topological polar surface area (TPSA) is 63.7 Å². The summed E-state index contributed by atoms with van der Waals surface area (Å²) in [6.07, 6.45) is 0.910. The van der Waals surface area contributed by atoms with Crippen LogP contribution >= 0.6 is 34.8 Å². The summed E-state index contributed by atoms with van der Waals surface area (Å²) in [5.41, 5.74) is 0.441. The van der Waals surface area contributed by atoms with E-state index in [1.165, 1.54) is 12.1 Å². The van der Waals surface area contributed by atoms with Crippen LogP contribution in [0.2, 0.25) is 15.1 Å². The summed E-state index contributed by atoms with van der Waals surface area (Å²) in [4.78, 5) is 37.6. The number of carbonyl (C=O) groups is 3. The van der Waals surface area contributed by atoms with Crippen LogP contribution in [0.1, 0.15) is 31.7 Å². The minimum absolute atomic E-state index is 0.132. The van der Waals surface area contributed by atoms with Crippen molar-refractivity contribution < 1.29 is 19.1 Å². The molecule has 1 aromatic carbocycles. The van der Waals surface area contributed by atoms with E-state index in [2.05, 4.69) is 0 Å². The predicted octanol–water partition coefficient (Wildman–Crippen LogP) is 3.66. The lowest BCUT2D eigenvalue weighted by molar-refractivity contribution is -0.157. The Morgan fingerprint density at radius 1 is 1.21 bits per heavy atom. The molecular formula is C16H16Cl3NO4. The molecule has 0 aliphatic carbocycles. The van der Waals surface area contributed by atoms with Crippen LogP contribution in [-0.4, -0.2) is 35.3 Å². The number of esters is 1. The molecular weight excluding hydrogens is 377 g/mol. The van der Waals surface area contributed by atoms with Crippen LogP contribution in [0.5, 0.6) is 0 Å². The highest BCUT2D eigenvalue weighted by atomic mass is 35.5. The number of hydrogen-bond acceptors (Lipinski definition) is 4. The first kappa shape index (κ1) is 19.0. The van der Waals surface area contributed by atoms with E-state index in [1.54, 1.807) is 0 Å². The molecule has 130 valence electrons. The van der Waals surface area contributed by atoms with Crippen LogP contribution in [0.4, 0.5) is 0 Å². The molecule has 0 bridgehead atoms. The van der Waals surface area contributed by atoms with Gasteiger partial charge in [-0.15, -0.1) is 0 Å². The number of nitrogens with zero attached hydrogens (tertiary/aromatic N) is 1. The first-order chi connectivity index (χ1) is 11.3. The maximum atomic E-state index is 12.5. The Kier molecular flexibility index (Phi) is 6.49. The molecule has 0 radical (unpaired) electrons. The Bertz CT molecular complexity index is 678. The highest BCUT2D eigenvalue weighted by molar-refractivity contribution is 6.43. The number of rotatable bonds is 5. The predicted molar refractivity (Wildman–Crippen MR) is 91.3 cm³/mol. The normalized spacial score (nSPS) is 17.2. The van der Waals surface area contributed by atoms with Gasteiger partial charge < -0.3 is 4.74 Å². The molecule has 1 atom stereocenters. The van der Waals surface area contributed by atoms with Gasteiger partial charge in [-0.1, -0.05) is 41.7 Å². The monoisotopic (exact) mass is 391 g/mol. The third kappa shape index (κ3) is 4.21. The molecule has 1 heterocycles. The number of hydrogen-bond donors (Lipinski definition) is 0. The van der Waals surface area contributed by atoms with Crippen molar-refractivity contribution in [1.29, 1.82) is 0 Å². The zero-order valence-corrected chi connectivity index (χ0v) is 15.2. The van der Waals surface area contributed by atoms with Crippen LogP contribution in [0.3, 0.4) is 0 Å². The number of likely N-dealkylation sites (tertiary alicyclic amines) is 1. The Morgan fingerprint density at radius 3 is 2.54 bits per heavy atom. The minimum atomic E-state index is -0.877. The lowest BCUT2D eigenvalue weighted by atomic mass is 10.1. The average molecular weight is 393 g/mol. The van der Waals surface area contributed by atoms with Gasteiger partial charge >= 0.3 is 5.97 Å². The van der Waals surface area contributed by atoms with Crippen molar-refractivity contribution in [3.05, 3.63) is 32.8 Å². The molecule has 0 N–H and O–H groups in total. The molecule has 1 unspecified atom stereocenters. The van der Waals surface area contributed by atoms with Gasteiger partial charge in [-0.3, -0.25) is 14.5 Å². The zero-order valence-electron chi connectivity index (χ0n) is 13.0. The van der Waals surface area contributed by atoms with E-state index in [0.29, 0.717) is 12.0 Å². The summed E-state index contributed by atoms with van der Waals surface area (Å²) < 4.78 is 5.06. The number of amides is 2. The summed E-state index contributed by atoms with van der Waals surface area (Å²) >= 11 is 17.9. The highest BCUT2D eigenvalue weighted by Crippen LogP contribution is 2.30. The molecule has 1 aromatic rings. The van der Waals surface area contributed by atoms with Crippen LogP contribution in [0.25, 0.3) is 0 Å². The minimum Gasteiger partial charge on any atom is -0.464 e. The lowest BCUT2D eigenvalue weighted by Crippen LogP contribution is -2.44. The summed E-state index contributed by atoms with van der Waals surface area (Å²) in [7, 11) is 0. The van der Waals surface area contributed by atoms with Crippen molar-refractivity contribution in [1.82, 2.24) is 4.90 Å². The average Bonchev–Trinajstić information content (AvgIpc) is 2.92. The largest absolute Gasteiger partial charge is 0.464 e. The van der Waals surface area contributed by atoms with Crippen molar-refractivity contribution in [3.8, 4) is 0 Å². The van der Waals surface area contributed by atoms with Crippen LogP contribution in [0, 0.1) is 0 Å². The Hall–Kier alpha value is -1.30. The van der Waals surface area contributed by atoms with Gasteiger partial charge in [-0.05, 0) is 30.5 Å². The maximum Gasteiger partial charge on any atom is 0.329 e. The van der Waals surface area contributed by atoms with Gasteiger partial charge in [0.1, 0.15) is 6.04 Å².